The van der Waals surface area contributed by atoms with Gasteiger partial charge in [0.25, 0.3) is 10.0 Å². The van der Waals surface area contributed by atoms with Crippen LogP contribution in [0, 0.1) is 5.82 Å². The zero-order valence-electron chi connectivity index (χ0n) is 24.0. The maximum Gasteiger partial charge on any atom is 0.264 e. The molecule has 2 amide bonds. The Labute approximate surface area is 240 Å². The van der Waals surface area contributed by atoms with E-state index in [4.69, 9.17) is 9.47 Å². The van der Waals surface area contributed by atoms with Gasteiger partial charge >= 0.3 is 0 Å². The standard InChI is InChI=1S/C30H36FN3O6S/c1-21(29(36)32-30(2,3)4)33(19-22-11-7-8-12-25(22)31)28(35)20-34(26-13-9-10-14-27(26)40-6)41(37,38)24-17-15-23(39-5)16-18-24/h7-18,21H,19-20H2,1-6H3,(H,32,36)/t21-/m0/s1. The Hall–Kier alpha value is -4.12. The molecule has 0 bridgehead atoms. The highest BCUT2D eigenvalue weighted by atomic mass is 32.2. The molecule has 0 aliphatic rings. The van der Waals surface area contributed by atoms with Crippen molar-refractivity contribution < 1.29 is 31.9 Å². The Morgan fingerprint density at radius 1 is 0.927 bits per heavy atom. The van der Waals surface area contributed by atoms with E-state index in [0.29, 0.717) is 5.75 Å². The highest BCUT2D eigenvalue weighted by Gasteiger charge is 2.34. The third-order valence-electron chi connectivity index (χ3n) is 6.24. The molecule has 0 aromatic heterocycles. The third-order valence-corrected chi connectivity index (χ3v) is 8.02. The van der Waals surface area contributed by atoms with Crippen LogP contribution in [0.2, 0.25) is 0 Å². The number of nitrogens with one attached hydrogen (secondary N) is 1. The fourth-order valence-electron chi connectivity index (χ4n) is 4.09. The van der Waals surface area contributed by atoms with E-state index in [2.05, 4.69) is 5.32 Å². The van der Waals surface area contributed by atoms with Crippen LogP contribution < -0.4 is 19.1 Å². The van der Waals surface area contributed by atoms with Gasteiger partial charge in [-0.3, -0.25) is 13.9 Å². The molecule has 0 heterocycles. The molecular formula is C30H36FN3O6S. The van der Waals surface area contributed by atoms with Gasteiger partial charge in [-0.2, -0.15) is 0 Å². The minimum absolute atomic E-state index is 0.0869. The normalized spacial score (nSPS) is 12.3. The van der Waals surface area contributed by atoms with Crippen molar-refractivity contribution in [2.75, 3.05) is 25.1 Å². The molecule has 3 aromatic carbocycles. The number of nitrogens with zero attached hydrogens (tertiary/aromatic N) is 2. The third kappa shape index (κ3) is 7.75. The summed E-state index contributed by atoms with van der Waals surface area (Å²) < 4.78 is 54.1. The fourth-order valence-corrected chi connectivity index (χ4v) is 5.52. The highest BCUT2D eigenvalue weighted by molar-refractivity contribution is 7.92. The number of para-hydroxylation sites is 2. The molecule has 0 aliphatic carbocycles. The second-order valence-corrected chi connectivity index (χ2v) is 12.2. The first kappa shape index (κ1) is 31.4. The lowest BCUT2D eigenvalue weighted by molar-refractivity contribution is -0.140. The lowest BCUT2D eigenvalue weighted by Gasteiger charge is -2.33. The van der Waals surface area contributed by atoms with Gasteiger partial charge in [-0.1, -0.05) is 30.3 Å². The number of anilines is 1. The average molecular weight is 586 g/mol. The molecule has 3 aromatic rings. The molecule has 0 fully saturated rings. The number of carbonyl (C=O) groups excluding carboxylic acids is 2. The number of rotatable bonds is 11. The van der Waals surface area contributed by atoms with Gasteiger partial charge in [-0.05, 0) is 70.2 Å². The van der Waals surface area contributed by atoms with Crippen molar-refractivity contribution in [2.24, 2.45) is 0 Å². The number of hydrogen-bond donors (Lipinski definition) is 1. The molecule has 0 aliphatic heterocycles. The summed E-state index contributed by atoms with van der Waals surface area (Å²) in [6.07, 6.45) is 0. The Kier molecular flexibility index (Phi) is 9.98. The smallest absolute Gasteiger partial charge is 0.264 e. The van der Waals surface area contributed by atoms with E-state index in [0.717, 1.165) is 4.31 Å². The van der Waals surface area contributed by atoms with Crippen LogP contribution in [-0.2, 0) is 26.2 Å². The summed E-state index contributed by atoms with van der Waals surface area (Å²) in [5.41, 5.74) is -0.297. The van der Waals surface area contributed by atoms with Gasteiger partial charge in [0.15, 0.2) is 0 Å². The van der Waals surface area contributed by atoms with Crippen LogP contribution >= 0.6 is 0 Å². The highest BCUT2D eigenvalue weighted by Crippen LogP contribution is 2.33. The number of ether oxygens (including phenoxy) is 2. The molecule has 3 rings (SSSR count). The number of carbonyl (C=O) groups is 2. The van der Waals surface area contributed by atoms with Crippen LogP contribution in [0.15, 0.2) is 77.7 Å². The maximum atomic E-state index is 14.7. The lowest BCUT2D eigenvalue weighted by atomic mass is 10.1. The average Bonchev–Trinajstić information content (AvgIpc) is 2.94. The molecule has 0 radical (unpaired) electrons. The van der Waals surface area contributed by atoms with E-state index in [1.54, 1.807) is 45.0 Å². The van der Waals surface area contributed by atoms with Crippen molar-refractivity contribution in [1.29, 1.82) is 0 Å². The van der Waals surface area contributed by atoms with E-state index in [-0.39, 0.29) is 28.4 Å². The number of benzene rings is 3. The van der Waals surface area contributed by atoms with Gasteiger partial charge in [0, 0.05) is 17.6 Å². The fraction of sp³-hybridized carbons (Fsp3) is 0.333. The van der Waals surface area contributed by atoms with E-state index >= 15 is 0 Å². The molecule has 0 spiro atoms. The molecule has 11 heteroatoms. The first-order valence-corrected chi connectivity index (χ1v) is 14.4. The largest absolute Gasteiger partial charge is 0.497 e. The molecule has 220 valence electrons. The Morgan fingerprint density at radius 2 is 1.54 bits per heavy atom. The van der Waals surface area contributed by atoms with Gasteiger partial charge in [0.2, 0.25) is 11.8 Å². The lowest BCUT2D eigenvalue weighted by Crippen LogP contribution is -2.54. The second kappa shape index (κ2) is 13.0. The minimum Gasteiger partial charge on any atom is -0.497 e. The molecule has 9 nitrogen and oxygen atoms in total. The summed E-state index contributed by atoms with van der Waals surface area (Å²) in [4.78, 5) is 28.2. The van der Waals surface area contributed by atoms with Gasteiger partial charge in [0.05, 0.1) is 24.8 Å². The van der Waals surface area contributed by atoms with Crippen LogP contribution in [0.1, 0.15) is 33.3 Å². The van der Waals surface area contributed by atoms with Crippen molar-refractivity contribution >= 4 is 27.5 Å². The van der Waals surface area contributed by atoms with Crippen LogP contribution in [0.5, 0.6) is 11.5 Å². The number of methoxy groups -OCH3 is 2. The van der Waals surface area contributed by atoms with Gasteiger partial charge in [-0.25, -0.2) is 12.8 Å². The predicted octanol–water partition coefficient (Wildman–Crippen LogP) is 4.37. The number of sulfonamides is 1. The van der Waals surface area contributed by atoms with Crippen molar-refractivity contribution in [2.45, 2.75) is 50.7 Å². The topological polar surface area (TPSA) is 105 Å². The molecule has 0 unspecified atom stereocenters. The molecule has 1 N–H and O–H groups in total. The van der Waals surface area contributed by atoms with Crippen LogP contribution in [0.25, 0.3) is 0 Å². The van der Waals surface area contributed by atoms with Crippen LogP contribution in [-0.4, -0.2) is 57.5 Å². The minimum atomic E-state index is -4.32. The van der Waals surface area contributed by atoms with Crippen molar-refractivity contribution in [3.8, 4) is 11.5 Å². The summed E-state index contributed by atoms with van der Waals surface area (Å²) in [6, 6.07) is 17.0. The monoisotopic (exact) mass is 585 g/mol. The van der Waals surface area contributed by atoms with Crippen LogP contribution in [0.3, 0.4) is 0 Å². The number of amides is 2. The predicted molar refractivity (Wildman–Crippen MR) is 155 cm³/mol. The van der Waals surface area contributed by atoms with E-state index in [1.165, 1.54) is 74.6 Å². The van der Waals surface area contributed by atoms with Gasteiger partial charge in [-0.15, -0.1) is 0 Å². The quantitative estimate of drug-likeness (QED) is 0.358. The molecule has 0 saturated carbocycles. The van der Waals surface area contributed by atoms with E-state index in [1.807, 2.05) is 0 Å². The first-order chi connectivity index (χ1) is 19.3. The summed E-state index contributed by atoms with van der Waals surface area (Å²) >= 11 is 0. The van der Waals surface area contributed by atoms with Crippen molar-refractivity contribution in [3.05, 3.63) is 84.2 Å². The summed E-state index contributed by atoms with van der Waals surface area (Å²) in [5.74, 6) is -1.06. The molecule has 41 heavy (non-hydrogen) atoms. The summed E-state index contributed by atoms with van der Waals surface area (Å²) in [6.45, 7) is 5.97. The van der Waals surface area contributed by atoms with Gasteiger partial charge < -0.3 is 19.7 Å². The van der Waals surface area contributed by atoms with Crippen molar-refractivity contribution in [1.82, 2.24) is 10.2 Å². The Bertz CT molecular complexity index is 1470. The molecular weight excluding hydrogens is 549 g/mol. The Morgan fingerprint density at radius 3 is 2.12 bits per heavy atom. The summed E-state index contributed by atoms with van der Waals surface area (Å²) in [7, 11) is -1.47. The number of halogens is 1. The van der Waals surface area contributed by atoms with Gasteiger partial charge in [0.1, 0.15) is 29.9 Å². The first-order valence-electron chi connectivity index (χ1n) is 12.9. The van der Waals surface area contributed by atoms with Crippen LogP contribution in [0.4, 0.5) is 10.1 Å². The molecule has 1 atom stereocenters. The Balaban J connectivity index is 2.09. The zero-order chi connectivity index (χ0) is 30.4. The van der Waals surface area contributed by atoms with E-state index < -0.39 is 45.8 Å². The zero-order valence-corrected chi connectivity index (χ0v) is 24.9. The van der Waals surface area contributed by atoms with E-state index in [9.17, 15) is 22.4 Å². The molecule has 0 saturated heterocycles. The number of hydrogen-bond acceptors (Lipinski definition) is 6. The van der Waals surface area contributed by atoms with Crippen molar-refractivity contribution in [3.63, 3.8) is 0 Å². The maximum absolute atomic E-state index is 14.7. The SMILES string of the molecule is COc1ccc(S(=O)(=O)N(CC(=O)N(Cc2ccccc2F)[C@@H](C)C(=O)NC(C)(C)C)c2ccccc2OC)cc1. The second-order valence-electron chi connectivity index (χ2n) is 10.4. The summed E-state index contributed by atoms with van der Waals surface area (Å²) in [5, 5.41) is 2.83.